The van der Waals surface area contributed by atoms with Gasteiger partial charge in [0.1, 0.15) is 0 Å². The monoisotopic (exact) mass is 492 g/mol. The molecule has 32 heavy (non-hydrogen) atoms. The Morgan fingerprint density at radius 2 is 1.66 bits per heavy atom. The van der Waals surface area contributed by atoms with Crippen molar-refractivity contribution in [1.29, 1.82) is 0 Å². The van der Waals surface area contributed by atoms with E-state index in [1.807, 2.05) is 0 Å². The number of esters is 1. The fraction of sp³-hybridized carbons (Fsp3) is 0.0909. The van der Waals surface area contributed by atoms with E-state index in [2.05, 4.69) is 10.0 Å². The quantitative estimate of drug-likeness (QED) is 0.440. The highest BCUT2D eigenvalue weighted by Crippen LogP contribution is 2.27. The molecule has 0 saturated heterocycles. The second kappa shape index (κ2) is 10.0. The molecule has 0 bridgehead atoms. The first-order valence-corrected chi connectivity index (χ1v) is 11.6. The first-order valence-electron chi connectivity index (χ1n) is 9.36. The topological polar surface area (TPSA) is 102 Å². The predicted molar refractivity (Wildman–Crippen MR) is 124 cm³/mol. The lowest BCUT2D eigenvalue weighted by atomic mass is 10.1. The van der Waals surface area contributed by atoms with Crippen LogP contribution in [0.3, 0.4) is 0 Å². The summed E-state index contributed by atoms with van der Waals surface area (Å²) >= 11 is 12.3. The van der Waals surface area contributed by atoms with Crippen molar-refractivity contribution < 1.29 is 22.7 Å². The molecule has 3 aromatic carbocycles. The molecule has 166 valence electrons. The van der Waals surface area contributed by atoms with Gasteiger partial charge >= 0.3 is 5.97 Å². The molecular weight excluding hydrogens is 475 g/mol. The zero-order valence-corrected chi connectivity index (χ0v) is 19.1. The van der Waals surface area contributed by atoms with Crippen molar-refractivity contribution in [3.8, 4) is 0 Å². The number of ether oxygens (including phenoxy) is 1. The van der Waals surface area contributed by atoms with Gasteiger partial charge in [-0.1, -0.05) is 41.4 Å². The number of anilines is 2. The third kappa shape index (κ3) is 5.59. The molecule has 0 atom stereocenters. The minimum absolute atomic E-state index is 0.0489. The summed E-state index contributed by atoms with van der Waals surface area (Å²) in [6.07, 6.45) is 0. The smallest absolute Gasteiger partial charge is 0.339 e. The fourth-order valence-electron chi connectivity index (χ4n) is 2.71. The maximum atomic E-state index is 12.6. The van der Waals surface area contributed by atoms with Crippen molar-refractivity contribution in [2.45, 2.75) is 11.8 Å². The van der Waals surface area contributed by atoms with Crippen LogP contribution in [0.15, 0.2) is 71.6 Å². The van der Waals surface area contributed by atoms with E-state index < -0.39 is 21.9 Å². The summed E-state index contributed by atoms with van der Waals surface area (Å²) in [6.45, 7) is 1.90. The molecule has 0 aromatic heterocycles. The molecule has 0 radical (unpaired) electrons. The molecule has 0 aliphatic carbocycles. The highest BCUT2D eigenvalue weighted by molar-refractivity contribution is 7.92. The van der Waals surface area contributed by atoms with E-state index in [-0.39, 0.29) is 38.4 Å². The average molecular weight is 493 g/mol. The molecule has 3 aromatic rings. The van der Waals surface area contributed by atoms with Crippen LogP contribution in [0.1, 0.15) is 27.6 Å². The summed E-state index contributed by atoms with van der Waals surface area (Å²) in [5.74, 6) is -1.06. The molecule has 0 heterocycles. The van der Waals surface area contributed by atoms with Crippen molar-refractivity contribution in [3.63, 3.8) is 0 Å². The van der Waals surface area contributed by atoms with Crippen LogP contribution in [0, 0.1) is 0 Å². The van der Waals surface area contributed by atoms with Gasteiger partial charge in [-0.05, 0) is 55.5 Å². The van der Waals surface area contributed by atoms with Crippen LogP contribution in [0.5, 0.6) is 0 Å². The predicted octanol–water partition coefficient (Wildman–Crippen LogP) is 5.22. The van der Waals surface area contributed by atoms with E-state index in [1.165, 1.54) is 48.5 Å². The normalized spacial score (nSPS) is 11.0. The Balaban J connectivity index is 1.74. The molecule has 0 aliphatic heterocycles. The molecule has 0 spiro atoms. The average Bonchev–Trinajstić information content (AvgIpc) is 2.76. The van der Waals surface area contributed by atoms with Gasteiger partial charge in [0, 0.05) is 11.3 Å². The Kier molecular flexibility index (Phi) is 7.40. The van der Waals surface area contributed by atoms with Gasteiger partial charge in [0.25, 0.3) is 15.9 Å². The van der Waals surface area contributed by atoms with Gasteiger partial charge in [-0.25, -0.2) is 13.2 Å². The van der Waals surface area contributed by atoms with Crippen LogP contribution < -0.4 is 10.0 Å². The van der Waals surface area contributed by atoms with Gasteiger partial charge in [0.05, 0.1) is 32.8 Å². The number of nitrogens with one attached hydrogen (secondary N) is 2. The van der Waals surface area contributed by atoms with Gasteiger partial charge < -0.3 is 10.1 Å². The third-order valence-electron chi connectivity index (χ3n) is 4.25. The first-order chi connectivity index (χ1) is 15.2. The third-order valence-corrected chi connectivity index (χ3v) is 6.26. The minimum atomic E-state index is -3.83. The molecule has 2 N–H and O–H groups in total. The van der Waals surface area contributed by atoms with Crippen LogP contribution in [0.4, 0.5) is 11.4 Å². The highest BCUT2D eigenvalue weighted by Gasteiger charge is 2.17. The molecule has 0 fully saturated rings. The number of amides is 1. The number of carbonyl (C=O) groups is 2. The van der Waals surface area contributed by atoms with Crippen LogP contribution in [-0.2, 0) is 14.8 Å². The second-order valence-corrected chi connectivity index (χ2v) is 8.98. The summed E-state index contributed by atoms with van der Waals surface area (Å²) in [6, 6.07) is 16.4. The first kappa shape index (κ1) is 23.6. The van der Waals surface area contributed by atoms with E-state index in [0.29, 0.717) is 5.69 Å². The molecular formula is C22H18Cl2N2O5S. The van der Waals surface area contributed by atoms with Gasteiger partial charge in [0.2, 0.25) is 0 Å². The Morgan fingerprint density at radius 3 is 2.28 bits per heavy atom. The molecule has 1 amide bonds. The highest BCUT2D eigenvalue weighted by atomic mass is 35.5. The number of halogens is 2. The molecule has 3 rings (SSSR count). The molecule has 0 unspecified atom stereocenters. The summed E-state index contributed by atoms with van der Waals surface area (Å²) in [5, 5.41) is 2.82. The standard InChI is InChI=1S/C22H18Cl2N2O5S/c1-2-31-22(28)17-10-9-15(13-18(17)23)25-21(27)14-8-11-20(19(24)12-14)26-32(29,30)16-6-4-3-5-7-16/h3-13,26H,2H2,1H3,(H,25,27). The number of sulfonamides is 1. The molecule has 0 aliphatic rings. The summed E-state index contributed by atoms with van der Waals surface area (Å²) in [5.41, 5.74) is 0.875. The van der Waals surface area contributed by atoms with E-state index in [9.17, 15) is 18.0 Å². The number of rotatable bonds is 7. The largest absolute Gasteiger partial charge is 0.462 e. The van der Waals surface area contributed by atoms with Crippen molar-refractivity contribution in [2.75, 3.05) is 16.6 Å². The Hall–Kier alpha value is -3.07. The summed E-state index contributed by atoms with van der Waals surface area (Å²) in [4.78, 5) is 24.5. The van der Waals surface area contributed by atoms with Crippen LogP contribution in [0.25, 0.3) is 0 Å². The Bertz CT molecular complexity index is 1260. The van der Waals surface area contributed by atoms with Crippen molar-refractivity contribution in [3.05, 3.63) is 87.9 Å². The lowest BCUT2D eigenvalue weighted by Gasteiger charge is -2.12. The van der Waals surface area contributed by atoms with Crippen LogP contribution in [0.2, 0.25) is 10.0 Å². The van der Waals surface area contributed by atoms with Gasteiger partial charge in [0.15, 0.2) is 0 Å². The lowest BCUT2D eigenvalue weighted by molar-refractivity contribution is 0.0526. The van der Waals surface area contributed by atoms with Gasteiger partial charge in [-0.15, -0.1) is 0 Å². The number of benzene rings is 3. The zero-order chi connectivity index (χ0) is 23.3. The van der Waals surface area contributed by atoms with E-state index in [0.717, 1.165) is 0 Å². The summed E-state index contributed by atoms with van der Waals surface area (Å²) < 4.78 is 32.2. The summed E-state index contributed by atoms with van der Waals surface area (Å²) in [7, 11) is -3.83. The van der Waals surface area contributed by atoms with Crippen LogP contribution >= 0.6 is 23.2 Å². The lowest BCUT2D eigenvalue weighted by Crippen LogP contribution is -2.15. The number of hydrogen-bond acceptors (Lipinski definition) is 5. The SMILES string of the molecule is CCOC(=O)c1ccc(NC(=O)c2ccc(NS(=O)(=O)c3ccccc3)c(Cl)c2)cc1Cl. The van der Waals surface area contributed by atoms with E-state index in [1.54, 1.807) is 25.1 Å². The Morgan fingerprint density at radius 1 is 0.938 bits per heavy atom. The van der Waals surface area contributed by atoms with Crippen molar-refractivity contribution >= 4 is 56.5 Å². The number of carbonyl (C=O) groups excluding carboxylic acids is 2. The molecule has 10 heteroatoms. The van der Waals surface area contributed by atoms with E-state index >= 15 is 0 Å². The minimum Gasteiger partial charge on any atom is -0.462 e. The molecule has 7 nitrogen and oxygen atoms in total. The van der Waals surface area contributed by atoms with Crippen molar-refractivity contribution in [1.82, 2.24) is 0 Å². The maximum absolute atomic E-state index is 12.6. The maximum Gasteiger partial charge on any atom is 0.339 e. The van der Waals surface area contributed by atoms with Gasteiger partial charge in [-0.2, -0.15) is 0 Å². The van der Waals surface area contributed by atoms with Crippen LogP contribution in [-0.4, -0.2) is 26.9 Å². The van der Waals surface area contributed by atoms with Crippen molar-refractivity contribution in [2.24, 2.45) is 0 Å². The fourth-order valence-corrected chi connectivity index (χ4v) is 4.36. The molecule has 0 saturated carbocycles. The van der Waals surface area contributed by atoms with E-state index in [4.69, 9.17) is 27.9 Å². The second-order valence-electron chi connectivity index (χ2n) is 6.48. The number of hydrogen-bond donors (Lipinski definition) is 2. The zero-order valence-electron chi connectivity index (χ0n) is 16.8. The van der Waals surface area contributed by atoms with Gasteiger partial charge in [-0.3, -0.25) is 9.52 Å². The Labute approximate surface area is 195 Å².